The second-order valence-corrected chi connectivity index (χ2v) is 3.61. The van der Waals surface area contributed by atoms with Crippen molar-refractivity contribution in [3.05, 3.63) is 34.9 Å². The van der Waals surface area contributed by atoms with E-state index in [1.807, 2.05) is 6.07 Å². The largest absolute Gasteiger partial charge is 0.389 e. The highest BCUT2D eigenvalue weighted by molar-refractivity contribution is 6.18. The number of hydrogen-bond acceptors (Lipinski definition) is 3. The van der Waals surface area contributed by atoms with Crippen LogP contribution in [0.2, 0.25) is 0 Å². The fraction of sp³-hybridized carbons (Fsp3) is 0.364. The molecule has 0 spiro atoms. The summed E-state index contributed by atoms with van der Waals surface area (Å²) in [5.41, 5.74) is 1.71. The molecule has 0 aliphatic rings. The second-order valence-electron chi connectivity index (χ2n) is 3.30. The first-order chi connectivity index (χ1) is 7.11. The van der Waals surface area contributed by atoms with Gasteiger partial charge in [0, 0.05) is 0 Å². The Morgan fingerprint density at radius 2 is 2.13 bits per heavy atom. The van der Waals surface area contributed by atoms with Crippen molar-refractivity contribution in [1.29, 1.82) is 5.26 Å². The Bertz CT molecular complexity index is 387. The molecule has 0 saturated heterocycles. The Morgan fingerprint density at radius 3 is 2.67 bits per heavy atom. The molecule has 0 aromatic heterocycles. The number of nitrogens with zero attached hydrogens (tertiary/aromatic N) is 1. The number of hydrogen-bond donors (Lipinski definition) is 2. The number of rotatable bonds is 3. The Morgan fingerprint density at radius 1 is 1.47 bits per heavy atom. The van der Waals surface area contributed by atoms with Gasteiger partial charge in [-0.25, -0.2) is 0 Å². The summed E-state index contributed by atoms with van der Waals surface area (Å²) in [6.45, 7) is 1.73. The van der Waals surface area contributed by atoms with E-state index in [4.69, 9.17) is 16.9 Å². The molecule has 3 nitrogen and oxygen atoms in total. The fourth-order valence-electron chi connectivity index (χ4n) is 1.39. The zero-order chi connectivity index (χ0) is 11.4. The summed E-state index contributed by atoms with van der Waals surface area (Å²) in [6, 6.07) is 7.04. The van der Waals surface area contributed by atoms with Crippen molar-refractivity contribution in [3.8, 4) is 6.07 Å². The maximum atomic E-state index is 9.75. The fourth-order valence-corrected chi connectivity index (χ4v) is 1.56. The minimum absolute atomic E-state index is 0.0443. The van der Waals surface area contributed by atoms with Crippen LogP contribution in [-0.2, 0) is 0 Å². The van der Waals surface area contributed by atoms with Crippen molar-refractivity contribution >= 4 is 11.6 Å². The SMILES string of the molecule is Cc1c(C#N)cccc1C(O)C(O)CCl. The molecule has 2 atom stereocenters. The van der Waals surface area contributed by atoms with Crippen molar-refractivity contribution in [3.63, 3.8) is 0 Å². The number of alkyl halides is 1. The maximum Gasteiger partial charge on any atom is 0.106 e. The van der Waals surface area contributed by atoms with Gasteiger partial charge in [0.15, 0.2) is 0 Å². The lowest BCUT2D eigenvalue weighted by Crippen LogP contribution is -2.20. The van der Waals surface area contributed by atoms with Crippen LogP contribution in [-0.4, -0.2) is 22.2 Å². The summed E-state index contributed by atoms with van der Waals surface area (Å²) in [4.78, 5) is 0. The molecule has 2 N–H and O–H groups in total. The molecule has 0 radical (unpaired) electrons. The summed E-state index contributed by atoms with van der Waals surface area (Å²) in [5, 5.41) is 27.9. The Labute approximate surface area is 93.5 Å². The van der Waals surface area contributed by atoms with Crippen LogP contribution >= 0.6 is 11.6 Å². The van der Waals surface area contributed by atoms with Gasteiger partial charge in [0.2, 0.25) is 0 Å². The van der Waals surface area contributed by atoms with Crippen LogP contribution in [0.1, 0.15) is 22.8 Å². The number of nitriles is 1. The van der Waals surface area contributed by atoms with E-state index in [-0.39, 0.29) is 5.88 Å². The molecule has 0 bridgehead atoms. The molecule has 0 aliphatic carbocycles. The smallest absolute Gasteiger partial charge is 0.106 e. The molecule has 80 valence electrons. The monoisotopic (exact) mass is 225 g/mol. The van der Waals surface area contributed by atoms with Gasteiger partial charge in [0.05, 0.1) is 23.6 Å². The first kappa shape index (κ1) is 12.0. The predicted octanol–water partition coefficient (Wildman–Crippen LogP) is 1.50. The highest BCUT2D eigenvalue weighted by Crippen LogP contribution is 2.23. The minimum Gasteiger partial charge on any atom is -0.389 e. The molecule has 1 rings (SSSR count). The Kier molecular flexibility index (Phi) is 4.10. The number of halogens is 1. The summed E-state index contributed by atoms with van der Waals surface area (Å²) >= 11 is 5.45. The molecule has 1 aromatic carbocycles. The van der Waals surface area contributed by atoms with Gasteiger partial charge in [-0.15, -0.1) is 11.6 Å². The first-order valence-electron chi connectivity index (χ1n) is 4.53. The van der Waals surface area contributed by atoms with E-state index in [0.29, 0.717) is 16.7 Å². The van der Waals surface area contributed by atoms with E-state index >= 15 is 0 Å². The minimum atomic E-state index is -1.05. The van der Waals surface area contributed by atoms with Crippen LogP contribution in [0.5, 0.6) is 0 Å². The molecule has 0 aliphatic heterocycles. The first-order valence-corrected chi connectivity index (χ1v) is 5.07. The molecule has 0 heterocycles. The van der Waals surface area contributed by atoms with Crippen LogP contribution < -0.4 is 0 Å². The van der Waals surface area contributed by atoms with Crippen LogP contribution in [0.4, 0.5) is 0 Å². The molecule has 2 unspecified atom stereocenters. The number of benzene rings is 1. The normalized spacial score (nSPS) is 14.3. The Hall–Kier alpha value is -1.08. The molecule has 15 heavy (non-hydrogen) atoms. The summed E-state index contributed by atoms with van der Waals surface area (Å²) in [6.07, 6.45) is -2.06. The van der Waals surface area contributed by atoms with Gasteiger partial charge in [0.1, 0.15) is 6.10 Å². The van der Waals surface area contributed by atoms with Gasteiger partial charge in [-0.2, -0.15) is 5.26 Å². The highest BCUT2D eigenvalue weighted by Gasteiger charge is 2.19. The lowest BCUT2D eigenvalue weighted by atomic mass is 9.96. The van der Waals surface area contributed by atoms with E-state index < -0.39 is 12.2 Å². The van der Waals surface area contributed by atoms with Gasteiger partial charge < -0.3 is 10.2 Å². The molecule has 1 aromatic rings. The third-order valence-corrected chi connectivity index (χ3v) is 2.65. The van der Waals surface area contributed by atoms with Crippen LogP contribution in [0.3, 0.4) is 0 Å². The molecular weight excluding hydrogens is 214 g/mol. The van der Waals surface area contributed by atoms with Crippen LogP contribution in [0.25, 0.3) is 0 Å². The topological polar surface area (TPSA) is 64.2 Å². The average Bonchev–Trinajstić information content (AvgIpc) is 2.27. The van der Waals surface area contributed by atoms with Gasteiger partial charge in [-0.1, -0.05) is 12.1 Å². The van der Waals surface area contributed by atoms with Crippen molar-refractivity contribution in [2.45, 2.75) is 19.1 Å². The Balaban J connectivity index is 3.10. The predicted molar refractivity (Wildman–Crippen MR) is 57.6 cm³/mol. The van der Waals surface area contributed by atoms with E-state index in [1.165, 1.54) is 0 Å². The highest BCUT2D eigenvalue weighted by atomic mass is 35.5. The van der Waals surface area contributed by atoms with Crippen molar-refractivity contribution in [1.82, 2.24) is 0 Å². The quantitative estimate of drug-likeness (QED) is 0.767. The third-order valence-electron chi connectivity index (χ3n) is 2.34. The average molecular weight is 226 g/mol. The van der Waals surface area contributed by atoms with Gasteiger partial charge in [-0.3, -0.25) is 0 Å². The molecule has 4 heteroatoms. The van der Waals surface area contributed by atoms with E-state index in [9.17, 15) is 10.2 Å². The number of aliphatic hydroxyl groups is 2. The lowest BCUT2D eigenvalue weighted by molar-refractivity contribution is 0.0323. The molecule has 0 amide bonds. The molecule has 0 saturated carbocycles. The lowest BCUT2D eigenvalue weighted by Gasteiger charge is -2.18. The van der Waals surface area contributed by atoms with E-state index in [0.717, 1.165) is 0 Å². The zero-order valence-corrected chi connectivity index (χ0v) is 9.07. The van der Waals surface area contributed by atoms with Crippen LogP contribution in [0, 0.1) is 18.3 Å². The summed E-state index contributed by atoms with van der Waals surface area (Å²) in [5.74, 6) is -0.0443. The summed E-state index contributed by atoms with van der Waals surface area (Å²) < 4.78 is 0. The van der Waals surface area contributed by atoms with Gasteiger partial charge in [0.25, 0.3) is 0 Å². The van der Waals surface area contributed by atoms with E-state index in [2.05, 4.69) is 0 Å². The molecular formula is C11H12ClNO2. The summed E-state index contributed by atoms with van der Waals surface area (Å²) in [7, 11) is 0. The van der Waals surface area contributed by atoms with Crippen molar-refractivity contribution in [2.24, 2.45) is 0 Å². The van der Waals surface area contributed by atoms with Crippen molar-refractivity contribution < 1.29 is 10.2 Å². The second kappa shape index (κ2) is 5.13. The standard InChI is InChI=1S/C11H12ClNO2/c1-7-8(6-13)3-2-4-9(7)11(15)10(14)5-12/h2-4,10-11,14-15H,5H2,1H3. The van der Waals surface area contributed by atoms with E-state index in [1.54, 1.807) is 25.1 Å². The van der Waals surface area contributed by atoms with Crippen molar-refractivity contribution in [2.75, 3.05) is 5.88 Å². The zero-order valence-electron chi connectivity index (χ0n) is 8.31. The van der Waals surface area contributed by atoms with Crippen LogP contribution in [0.15, 0.2) is 18.2 Å². The van der Waals surface area contributed by atoms with Gasteiger partial charge >= 0.3 is 0 Å². The van der Waals surface area contributed by atoms with Gasteiger partial charge in [-0.05, 0) is 24.1 Å². The molecule has 0 fully saturated rings. The third kappa shape index (κ3) is 2.48. The maximum absolute atomic E-state index is 9.75. The number of aliphatic hydroxyl groups excluding tert-OH is 2.